The van der Waals surface area contributed by atoms with Crippen LogP contribution in [0.5, 0.6) is 5.75 Å². The van der Waals surface area contributed by atoms with Gasteiger partial charge in [-0.05, 0) is 53.4 Å². The van der Waals surface area contributed by atoms with Gasteiger partial charge in [0.1, 0.15) is 5.75 Å². The lowest BCUT2D eigenvalue weighted by Gasteiger charge is -2.32. The zero-order valence-corrected chi connectivity index (χ0v) is 18.3. The third-order valence-electron chi connectivity index (χ3n) is 6.07. The fourth-order valence-corrected chi connectivity index (χ4v) is 4.70. The lowest BCUT2D eigenvalue weighted by molar-refractivity contribution is -0.274. The Morgan fingerprint density at radius 1 is 0.914 bits per heavy atom. The summed E-state index contributed by atoms with van der Waals surface area (Å²) in [5, 5.41) is 9.31. The van der Waals surface area contributed by atoms with Crippen LogP contribution in [-0.2, 0) is 11.8 Å². The number of anilines is 1. The summed E-state index contributed by atoms with van der Waals surface area (Å²) in [6, 6.07) is 21.4. The minimum absolute atomic E-state index is 0.120. The molecule has 4 rings (SSSR count). The largest absolute Gasteiger partial charge is 0.573 e. The molecular weight excluding hydrogens is 470 g/mol. The molecule has 9 heteroatoms. The maximum Gasteiger partial charge on any atom is 0.573 e. The van der Waals surface area contributed by atoms with E-state index in [1.807, 2.05) is 0 Å². The minimum Gasteiger partial charge on any atom is -0.406 e. The lowest BCUT2D eigenvalue weighted by Crippen LogP contribution is -2.38. The van der Waals surface area contributed by atoms with Crippen molar-refractivity contribution in [2.45, 2.75) is 30.8 Å². The third kappa shape index (κ3) is 5.53. The second-order valence-corrected chi connectivity index (χ2v) is 8.45. The summed E-state index contributed by atoms with van der Waals surface area (Å²) in [5.74, 6) is -0.411. The predicted octanol–water partition coefficient (Wildman–Crippen LogP) is 6.76. The van der Waals surface area contributed by atoms with Crippen molar-refractivity contribution in [3.8, 4) is 11.8 Å². The zero-order valence-electron chi connectivity index (χ0n) is 18.3. The van der Waals surface area contributed by atoms with Crippen LogP contribution >= 0.6 is 0 Å². The van der Waals surface area contributed by atoms with E-state index in [2.05, 4.69) is 10.8 Å². The highest BCUT2D eigenvalue weighted by molar-refractivity contribution is 5.67. The van der Waals surface area contributed by atoms with Gasteiger partial charge in [-0.3, -0.25) is 0 Å². The van der Waals surface area contributed by atoms with E-state index in [0.717, 1.165) is 5.56 Å². The third-order valence-corrected chi connectivity index (χ3v) is 6.07. The van der Waals surface area contributed by atoms with Gasteiger partial charge in [-0.25, -0.2) is 0 Å². The van der Waals surface area contributed by atoms with E-state index in [-0.39, 0.29) is 19.5 Å². The predicted molar refractivity (Wildman–Crippen MR) is 118 cm³/mol. The van der Waals surface area contributed by atoms with Crippen LogP contribution in [0.3, 0.4) is 0 Å². The highest BCUT2D eigenvalue weighted by atomic mass is 19.4. The van der Waals surface area contributed by atoms with Crippen molar-refractivity contribution < 1.29 is 31.1 Å². The lowest BCUT2D eigenvalue weighted by atomic mass is 9.71. The molecule has 1 atom stereocenters. The summed E-state index contributed by atoms with van der Waals surface area (Å²) in [7, 11) is 0. The van der Waals surface area contributed by atoms with Gasteiger partial charge in [0.25, 0.3) is 0 Å². The van der Waals surface area contributed by atoms with Crippen LogP contribution in [0, 0.1) is 11.3 Å². The number of rotatable bonds is 6. The van der Waals surface area contributed by atoms with Gasteiger partial charge >= 0.3 is 12.5 Å². The Morgan fingerprint density at radius 2 is 1.66 bits per heavy atom. The second kappa shape index (κ2) is 9.17. The SMILES string of the molecule is N#Cc1cccc(CC2(c3cccc(OC(F)(F)F)c3)CN(CCC(F)(F)F)c3ccccc32)c1. The van der Waals surface area contributed by atoms with E-state index in [0.29, 0.717) is 22.4 Å². The van der Waals surface area contributed by atoms with E-state index in [9.17, 15) is 31.6 Å². The number of fused-ring (bicyclic) bond motifs is 1. The molecule has 0 amide bonds. The standard InChI is InChI=1S/C26H20F6N2O/c27-25(28,29)11-12-34-17-24(22-9-1-2-10-23(22)34,15-18-5-3-6-19(13-18)16-33)20-7-4-8-21(14-20)35-26(30,31)32/h1-10,13-14H,11-12,15,17H2. The molecule has 0 aliphatic carbocycles. The van der Waals surface area contributed by atoms with Crippen LogP contribution in [0.4, 0.5) is 32.0 Å². The number of alkyl halides is 6. The number of ether oxygens (including phenoxy) is 1. The van der Waals surface area contributed by atoms with E-state index in [4.69, 9.17) is 0 Å². The van der Waals surface area contributed by atoms with Crippen molar-refractivity contribution in [3.05, 3.63) is 95.1 Å². The molecule has 1 aliphatic rings. The Hall–Kier alpha value is -3.67. The maximum absolute atomic E-state index is 13.1. The molecule has 0 aromatic heterocycles. The molecule has 3 nitrogen and oxygen atoms in total. The van der Waals surface area contributed by atoms with E-state index >= 15 is 0 Å². The molecule has 1 unspecified atom stereocenters. The Balaban J connectivity index is 1.84. The quantitative estimate of drug-likeness (QED) is 0.359. The Morgan fingerprint density at radius 3 is 2.37 bits per heavy atom. The zero-order chi connectivity index (χ0) is 25.3. The van der Waals surface area contributed by atoms with Crippen molar-refractivity contribution in [2.75, 3.05) is 18.0 Å². The van der Waals surface area contributed by atoms with Gasteiger partial charge in [0.2, 0.25) is 0 Å². The molecule has 0 saturated carbocycles. The molecular formula is C26H20F6N2O. The second-order valence-electron chi connectivity index (χ2n) is 8.45. The van der Waals surface area contributed by atoms with Gasteiger partial charge in [-0.15, -0.1) is 13.2 Å². The van der Waals surface area contributed by atoms with Crippen LogP contribution in [-0.4, -0.2) is 25.6 Å². The fraction of sp³-hybridized carbons (Fsp3) is 0.269. The topological polar surface area (TPSA) is 36.3 Å². The van der Waals surface area contributed by atoms with Gasteiger partial charge in [0, 0.05) is 24.2 Å². The fourth-order valence-electron chi connectivity index (χ4n) is 4.70. The van der Waals surface area contributed by atoms with Gasteiger partial charge in [-0.2, -0.15) is 18.4 Å². The molecule has 3 aromatic rings. The molecule has 0 saturated heterocycles. The van der Waals surface area contributed by atoms with Gasteiger partial charge < -0.3 is 9.64 Å². The first-order chi connectivity index (χ1) is 16.5. The first-order valence-electron chi connectivity index (χ1n) is 10.8. The number of hydrogen-bond donors (Lipinski definition) is 0. The molecule has 3 aromatic carbocycles. The summed E-state index contributed by atoms with van der Waals surface area (Å²) >= 11 is 0. The highest BCUT2D eigenvalue weighted by Gasteiger charge is 2.45. The first-order valence-corrected chi connectivity index (χ1v) is 10.8. The monoisotopic (exact) mass is 490 g/mol. The summed E-state index contributed by atoms with van der Waals surface area (Å²) in [5.41, 5.74) is 1.94. The van der Waals surface area contributed by atoms with Crippen LogP contribution in [0.15, 0.2) is 72.8 Å². The number of hydrogen-bond acceptors (Lipinski definition) is 3. The molecule has 0 N–H and O–H groups in total. The molecule has 1 aliphatic heterocycles. The maximum atomic E-state index is 13.1. The van der Waals surface area contributed by atoms with Crippen LogP contribution in [0.1, 0.15) is 28.7 Å². The molecule has 0 fully saturated rings. The number of halogens is 6. The smallest absolute Gasteiger partial charge is 0.406 e. The molecule has 0 bridgehead atoms. The summed E-state index contributed by atoms with van der Waals surface area (Å²) in [4.78, 5) is 1.62. The minimum atomic E-state index is -4.89. The Kier molecular flexibility index (Phi) is 6.41. The average Bonchev–Trinajstić information content (AvgIpc) is 3.11. The molecule has 0 spiro atoms. The van der Waals surface area contributed by atoms with Crippen molar-refractivity contribution in [2.24, 2.45) is 0 Å². The van der Waals surface area contributed by atoms with Gasteiger partial charge in [0.05, 0.1) is 18.1 Å². The number of benzene rings is 3. The van der Waals surface area contributed by atoms with Crippen molar-refractivity contribution >= 4 is 5.69 Å². The van der Waals surface area contributed by atoms with E-state index in [1.54, 1.807) is 59.5 Å². The molecule has 0 radical (unpaired) electrons. The summed E-state index contributed by atoms with van der Waals surface area (Å²) in [6.45, 7) is -0.173. The number of para-hydroxylation sites is 1. The summed E-state index contributed by atoms with van der Waals surface area (Å²) in [6.07, 6.45) is -10.0. The van der Waals surface area contributed by atoms with Crippen molar-refractivity contribution in [1.29, 1.82) is 5.26 Å². The van der Waals surface area contributed by atoms with E-state index in [1.165, 1.54) is 18.2 Å². The van der Waals surface area contributed by atoms with Crippen molar-refractivity contribution in [1.82, 2.24) is 0 Å². The Labute approximate surface area is 198 Å². The normalized spacial score (nSPS) is 17.7. The van der Waals surface area contributed by atoms with Crippen LogP contribution in [0.2, 0.25) is 0 Å². The molecule has 182 valence electrons. The van der Waals surface area contributed by atoms with Gasteiger partial charge in [-0.1, -0.05) is 42.5 Å². The summed E-state index contributed by atoms with van der Waals surface area (Å²) < 4.78 is 82.1. The highest BCUT2D eigenvalue weighted by Crippen LogP contribution is 2.48. The van der Waals surface area contributed by atoms with Crippen LogP contribution in [0.25, 0.3) is 0 Å². The first kappa shape index (κ1) is 24.5. The van der Waals surface area contributed by atoms with Gasteiger partial charge in [0.15, 0.2) is 0 Å². The van der Waals surface area contributed by atoms with Crippen molar-refractivity contribution in [3.63, 3.8) is 0 Å². The number of nitriles is 1. The Bertz CT molecular complexity index is 1250. The molecule has 35 heavy (non-hydrogen) atoms. The van der Waals surface area contributed by atoms with Crippen LogP contribution < -0.4 is 9.64 Å². The average molecular weight is 490 g/mol. The van der Waals surface area contributed by atoms with E-state index < -0.39 is 30.1 Å². The number of nitrogens with zero attached hydrogens (tertiary/aromatic N) is 2. The molecule has 1 heterocycles.